The second-order valence-electron chi connectivity index (χ2n) is 8.29. The molecule has 0 spiro atoms. The molecule has 1 amide bonds. The van der Waals surface area contributed by atoms with Crippen molar-refractivity contribution in [3.63, 3.8) is 0 Å². The van der Waals surface area contributed by atoms with E-state index < -0.39 is 23.5 Å². The maximum Gasteiger partial charge on any atom is 0.290 e. The lowest BCUT2D eigenvalue weighted by atomic mass is 9.94. The highest BCUT2D eigenvalue weighted by molar-refractivity contribution is 7.17. The first-order chi connectivity index (χ1) is 17.0. The van der Waals surface area contributed by atoms with Crippen molar-refractivity contribution < 1.29 is 24.5 Å². The molecule has 2 N–H and O–H groups in total. The maximum absolute atomic E-state index is 13.8. The number of amides is 1. The molecule has 0 radical (unpaired) electrons. The summed E-state index contributed by atoms with van der Waals surface area (Å²) in [7, 11) is 0. The maximum atomic E-state index is 13.8. The van der Waals surface area contributed by atoms with Crippen LogP contribution in [0.15, 0.2) is 65.9 Å². The summed E-state index contributed by atoms with van der Waals surface area (Å²) in [6, 6.07) is 15.9. The molecule has 1 aliphatic heterocycles. The Hall–Kier alpha value is -3.49. The van der Waals surface area contributed by atoms with Gasteiger partial charge in [0.05, 0.1) is 28.8 Å². The van der Waals surface area contributed by atoms with E-state index in [1.165, 1.54) is 11.3 Å². The summed E-state index contributed by atoms with van der Waals surface area (Å²) in [5.74, 6) is -0.970. The number of ketones is 1. The van der Waals surface area contributed by atoms with Crippen LogP contribution in [-0.4, -0.2) is 51.5 Å². The second-order valence-corrected chi connectivity index (χ2v) is 9.29. The summed E-state index contributed by atoms with van der Waals surface area (Å²) >= 11 is 1.25. The molecule has 7 nitrogen and oxygen atoms in total. The minimum Gasteiger partial charge on any atom is -0.503 e. The first-order valence-corrected chi connectivity index (χ1v) is 12.4. The highest BCUT2D eigenvalue weighted by atomic mass is 32.1. The lowest BCUT2D eigenvalue weighted by molar-refractivity contribution is -0.129. The van der Waals surface area contributed by atoms with Crippen LogP contribution in [0.4, 0.5) is 0 Å². The number of Topliss-reactive ketones (excluding diaryl/α,β-unsaturated/α-hetero) is 1. The Morgan fingerprint density at radius 1 is 1.17 bits per heavy atom. The van der Waals surface area contributed by atoms with Gasteiger partial charge in [0.2, 0.25) is 5.78 Å². The number of carbonyl (C=O) groups is 2. The van der Waals surface area contributed by atoms with Crippen LogP contribution in [0.25, 0.3) is 10.6 Å². The smallest absolute Gasteiger partial charge is 0.290 e. The van der Waals surface area contributed by atoms with Crippen LogP contribution >= 0.6 is 11.3 Å². The zero-order valence-corrected chi connectivity index (χ0v) is 20.5. The van der Waals surface area contributed by atoms with E-state index in [-0.39, 0.29) is 18.8 Å². The number of hydrogen-bond acceptors (Lipinski definition) is 7. The second kappa shape index (κ2) is 10.8. The minimum atomic E-state index is -0.749. The predicted molar refractivity (Wildman–Crippen MR) is 135 cm³/mol. The van der Waals surface area contributed by atoms with E-state index in [0.29, 0.717) is 33.4 Å². The molecule has 0 saturated heterocycles. The number of aryl methyl sites for hydroxylation is 1. The van der Waals surface area contributed by atoms with Crippen LogP contribution in [0.5, 0.6) is 5.75 Å². The van der Waals surface area contributed by atoms with E-state index in [9.17, 15) is 14.7 Å². The summed E-state index contributed by atoms with van der Waals surface area (Å²) in [4.78, 5) is 33.5. The number of aromatic nitrogens is 1. The monoisotopic (exact) mass is 492 g/mol. The number of carbonyl (C=O) groups excluding carboxylic acids is 2. The lowest BCUT2D eigenvalue weighted by Crippen LogP contribution is -2.32. The molecule has 0 bridgehead atoms. The predicted octanol–water partition coefficient (Wildman–Crippen LogP) is 4.87. The van der Waals surface area contributed by atoms with Gasteiger partial charge in [-0.25, -0.2) is 4.98 Å². The van der Waals surface area contributed by atoms with Gasteiger partial charge in [-0.15, -0.1) is 11.3 Å². The van der Waals surface area contributed by atoms with Gasteiger partial charge in [-0.05, 0) is 31.0 Å². The van der Waals surface area contributed by atoms with Crippen LogP contribution in [0.3, 0.4) is 0 Å². The first kappa shape index (κ1) is 24.6. The summed E-state index contributed by atoms with van der Waals surface area (Å²) < 4.78 is 5.55. The molecule has 35 heavy (non-hydrogen) atoms. The van der Waals surface area contributed by atoms with E-state index in [4.69, 9.17) is 9.84 Å². The van der Waals surface area contributed by atoms with Gasteiger partial charge in [0.25, 0.3) is 5.91 Å². The molecule has 1 aliphatic rings. The fourth-order valence-electron chi connectivity index (χ4n) is 4.16. The van der Waals surface area contributed by atoms with Crippen molar-refractivity contribution in [1.29, 1.82) is 0 Å². The summed E-state index contributed by atoms with van der Waals surface area (Å²) in [5, 5.41) is 20.7. The van der Waals surface area contributed by atoms with Gasteiger partial charge < -0.3 is 19.8 Å². The molecule has 4 rings (SSSR count). The lowest BCUT2D eigenvalue weighted by Gasteiger charge is -2.27. The molecule has 0 fully saturated rings. The summed E-state index contributed by atoms with van der Waals surface area (Å²) in [6.45, 7) is 4.18. The number of hydrogen-bond donors (Lipinski definition) is 2. The molecule has 2 aromatic carbocycles. The SMILES string of the molecule is CCCCN1C(=O)C(O)=C(C(=O)c2sc(-c3ccccc3)nc2C)C1c1cccc(OCCO)c1. The number of ether oxygens (including phenoxy) is 1. The van der Waals surface area contributed by atoms with Gasteiger partial charge in [0.15, 0.2) is 5.76 Å². The van der Waals surface area contributed by atoms with Gasteiger partial charge in [-0.1, -0.05) is 55.8 Å². The van der Waals surface area contributed by atoms with E-state index in [1.807, 2.05) is 43.3 Å². The van der Waals surface area contributed by atoms with Crippen molar-refractivity contribution in [2.45, 2.75) is 32.7 Å². The van der Waals surface area contributed by atoms with Crippen LogP contribution in [-0.2, 0) is 4.79 Å². The third kappa shape index (κ3) is 4.99. The Bertz CT molecular complexity index is 1250. The van der Waals surface area contributed by atoms with Crippen molar-refractivity contribution in [1.82, 2.24) is 9.88 Å². The van der Waals surface area contributed by atoms with Crippen LogP contribution < -0.4 is 4.74 Å². The van der Waals surface area contributed by atoms with E-state index in [0.717, 1.165) is 18.4 Å². The van der Waals surface area contributed by atoms with Gasteiger partial charge in [0.1, 0.15) is 17.4 Å². The zero-order valence-electron chi connectivity index (χ0n) is 19.7. The van der Waals surface area contributed by atoms with Crippen molar-refractivity contribution in [2.24, 2.45) is 0 Å². The Morgan fingerprint density at radius 2 is 1.94 bits per heavy atom. The standard InChI is InChI=1S/C27H28N2O5S/c1-3-4-13-29-22(19-11-8-12-20(16-19)34-15-14-30)21(24(32)27(29)33)23(31)25-17(2)28-26(35-25)18-9-6-5-7-10-18/h5-12,16,22,30,32H,3-4,13-15H2,1-2H3. The van der Waals surface area contributed by atoms with Crippen LogP contribution in [0.2, 0.25) is 0 Å². The van der Waals surface area contributed by atoms with Crippen LogP contribution in [0.1, 0.15) is 46.7 Å². The quantitative estimate of drug-likeness (QED) is 0.392. The normalized spacial score (nSPS) is 15.7. The number of benzene rings is 2. The van der Waals surface area contributed by atoms with E-state index in [1.54, 1.807) is 30.0 Å². The molecule has 182 valence electrons. The Labute approximate surface area is 208 Å². The largest absolute Gasteiger partial charge is 0.503 e. The average Bonchev–Trinajstić information content (AvgIpc) is 3.39. The zero-order chi connectivity index (χ0) is 24.9. The highest BCUT2D eigenvalue weighted by Crippen LogP contribution is 2.41. The molecule has 2 heterocycles. The Balaban J connectivity index is 1.76. The number of aliphatic hydroxyl groups excluding tert-OH is 2. The molecule has 0 aliphatic carbocycles. The van der Waals surface area contributed by atoms with Gasteiger partial charge in [-0.3, -0.25) is 9.59 Å². The van der Waals surface area contributed by atoms with Gasteiger partial charge in [-0.2, -0.15) is 0 Å². The Kier molecular flexibility index (Phi) is 7.63. The third-order valence-corrected chi connectivity index (χ3v) is 7.06. The molecular formula is C27H28N2O5S. The summed E-state index contributed by atoms with van der Waals surface area (Å²) in [6.07, 6.45) is 1.59. The molecular weight excluding hydrogens is 464 g/mol. The molecule has 0 saturated carbocycles. The van der Waals surface area contributed by atoms with Gasteiger partial charge in [0, 0.05) is 12.1 Å². The van der Waals surface area contributed by atoms with E-state index in [2.05, 4.69) is 4.98 Å². The fourth-order valence-corrected chi connectivity index (χ4v) is 5.19. The Morgan fingerprint density at radius 3 is 2.66 bits per heavy atom. The van der Waals surface area contributed by atoms with Crippen molar-refractivity contribution >= 4 is 23.0 Å². The van der Waals surface area contributed by atoms with Crippen molar-refractivity contribution in [3.8, 4) is 16.3 Å². The van der Waals surface area contributed by atoms with E-state index >= 15 is 0 Å². The molecule has 1 atom stereocenters. The third-order valence-electron chi connectivity index (χ3n) is 5.86. The number of rotatable bonds is 10. The minimum absolute atomic E-state index is 0.0526. The molecule has 1 unspecified atom stereocenters. The number of aliphatic hydroxyl groups is 2. The topological polar surface area (TPSA) is 100.0 Å². The van der Waals surface area contributed by atoms with Crippen LogP contribution in [0, 0.1) is 6.92 Å². The van der Waals surface area contributed by atoms with Gasteiger partial charge >= 0.3 is 0 Å². The average molecular weight is 493 g/mol. The summed E-state index contributed by atoms with van der Waals surface area (Å²) in [5.41, 5.74) is 2.16. The van der Waals surface area contributed by atoms with Crippen molar-refractivity contribution in [3.05, 3.63) is 82.1 Å². The number of nitrogens with zero attached hydrogens (tertiary/aromatic N) is 2. The fraction of sp³-hybridized carbons (Fsp3) is 0.296. The molecule has 3 aromatic rings. The number of unbranched alkanes of at least 4 members (excludes halogenated alkanes) is 1. The molecule has 1 aromatic heterocycles. The number of thiazole rings is 1. The first-order valence-electron chi connectivity index (χ1n) is 11.6. The molecule has 8 heteroatoms. The highest BCUT2D eigenvalue weighted by Gasteiger charge is 2.44. The van der Waals surface area contributed by atoms with Crippen molar-refractivity contribution in [2.75, 3.05) is 19.8 Å².